The van der Waals surface area contributed by atoms with E-state index in [-0.39, 0.29) is 18.6 Å². The van der Waals surface area contributed by atoms with Gasteiger partial charge in [-0.3, -0.25) is 4.79 Å². The quantitative estimate of drug-likeness (QED) is 0.535. The molecule has 0 fully saturated rings. The van der Waals surface area contributed by atoms with Crippen LogP contribution in [0.15, 0.2) is 64.4 Å². The number of nitrogens with zero attached hydrogens (tertiary/aromatic N) is 2. The molecule has 142 valence electrons. The highest BCUT2D eigenvalue weighted by Gasteiger charge is 2.34. The van der Waals surface area contributed by atoms with Crippen molar-refractivity contribution in [3.63, 3.8) is 0 Å². The van der Waals surface area contributed by atoms with Crippen molar-refractivity contribution in [2.45, 2.75) is 12.5 Å². The Balaban J connectivity index is 1.49. The van der Waals surface area contributed by atoms with Crippen molar-refractivity contribution in [3.8, 4) is 0 Å². The number of esters is 1. The van der Waals surface area contributed by atoms with Crippen molar-refractivity contribution >= 4 is 51.9 Å². The standard InChI is InChI=1S/C20H15ClN2O3S2/c21-14-5-1-4-13(10-14)20(25)26-12-19(24)23-16(18-7-3-9-28-18)11-15(22-23)17-6-2-8-27-17/h1-10,16H,11-12H2. The highest BCUT2D eigenvalue weighted by Crippen LogP contribution is 2.35. The van der Waals surface area contributed by atoms with E-state index in [1.807, 2.05) is 35.0 Å². The Hall–Kier alpha value is -2.48. The first-order valence-corrected chi connectivity index (χ1v) is 10.6. The van der Waals surface area contributed by atoms with Gasteiger partial charge in [-0.1, -0.05) is 29.8 Å². The first-order chi connectivity index (χ1) is 13.6. The van der Waals surface area contributed by atoms with E-state index in [4.69, 9.17) is 16.3 Å². The maximum Gasteiger partial charge on any atom is 0.338 e. The summed E-state index contributed by atoms with van der Waals surface area (Å²) in [5.41, 5.74) is 1.17. The third-order valence-electron chi connectivity index (χ3n) is 4.23. The van der Waals surface area contributed by atoms with E-state index in [0.717, 1.165) is 15.5 Å². The van der Waals surface area contributed by atoms with Crippen LogP contribution in [0.5, 0.6) is 0 Å². The number of hydrogen-bond donors (Lipinski definition) is 0. The molecule has 1 aliphatic rings. The van der Waals surface area contributed by atoms with E-state index >= 15 is 0 Å². The highest BCUT2D eigenvalue weighted by molar-refractivity contribution is 7.12. The number of benzene rings is 1. The lowest BCUT2D eigenvalue weighted by atomic mass is 10.1. The summed E-state index contributed by atoms with van der Waals surface area (Å²) in [6, 6.07) is 14.1. The molecule has 0 bridgehead atoms. The number of amides is 1. The molecule has 1 atom stereocenters. The van der Waals surface area contributed by atoms with Crippen LogP contribution < -0.4 is 0 Å². The van der Waals surface area contributed by atoms with E-state index in [1.165, 1.54) is 11.1 Å². The van der Waals surface area contributed by atoms with Crippen molar-refractivity contribution in [2.75, 3.05) is 6.61 Å². The molecule has 1 unspecified atom stereocenters. The number of ether oxygens (including phenoxy) is 1. The van der Waals surface area contributed by atoms with Crippen molar-refractivity contribution in [2.24, 2.45) is 5.10 Å². The molecule has 1 amide bonds. The minimum atomic E-state index is -0.592. The van der Waals surface area contributed by atoms with Crippen molar-refractivity contribution < 1.29 is 14.3 Å². The third kappa shape index (κ3) is 4.01. The number of carbonyl (C=O) groups is 2. The lowest BCUT2D eigenvalue weighted by molar-refractivity contribution is -0.136. The summed E-state index contributed by atoms with van der Waals surface area (Å²) in [5.74, 6) is -0.953. The molecule has 2 aromatic heterocycles. The zero-order chi connectivity index (χ0) is 19.5. The minimum absolute atomic E-state index is 0.186. The van der Waals surface area contributed by atoms with Gasteiger partial charge >= 0.3 is 5.97 Å². The topological polar surface area (TPSA) is 59.0 Å². The summed E-state index contributed by atoms with van der Waals surface area (Å²) >= 11 is 9.06. The molecule has 0 aliphatic carbocycles. The normalized spacial score (nSPS) is 16.1. The largest absolute Gasteiger partial charge is 0.452 e. The average molecular weight is 431 g/mol. The zero-order valence-corrected chi connectivity index (χ0v) is 17.0. The average Bonchev–Trinajstić information content (AvgIpc) is 3.46. The summed E-state index contributed by atoms with van der Waals surface area (Å²) in [6.45, 7) is -0.381. The van der Waals surface area contributed by atoms with Crippen LogP contribution >= 0.6 is 34.3 Å². The monoisotopic (exact) mass is 430 g/mol. The Morgan fingerprint density at radius 3 is 2.68 bits per heavy atom. The van der Waals surface area contributed by atoms with Gasteiger partial charge in [0.2, 0.25) is 0 Å². The van der Waals surface area contributed by atoms with Crippen molar-refractivity contribution in [3.05, 3.63) is 79.6 Å². The van der Waals surface area contributed by atoms with E-state index in [9.17, 15) is 9.59 Å². The number of carbonyl (C=O) groups excluding carboxylic acids is 2. The van der Waals surface area contributed by atoms with E-state index in [2.05, 4.69) is 5.10 Å². The van der Waals surface area contributed by atoms with E-state index in [1.54, 1.807) is 40.9 Å². The molecule has 3 heterocycles. The number of thiophene rings is 2. The summed E-state index contributed by atoms with van der Waals surface area (Å²) in [6.07, 6.45) is 0.634. The van der Waals surface area contributed by atoms with Crippen molar-refractivity contribution in [1.82, 2.24) is 5.01 Å². The fourth-order valence-corrected chi connectivity index (χ4v) is 4.65. The zero-order valence-electron chi connectivity index (χ0n) is 14.6. The molecule has 0 saturated heterocycles. The van der Waals surface area contributed by atoms with Crippen LogP contribution in [-0.2, 0) is 9.53 Å². The molecule has 5 nitrogen and oxygen atoms in total. The summed E-state index contributed by atoms with van der Waals surface area (Å²) in [7, 11) is 0. The van der Waals surface area contributed by atoms with Gasteiger partial charge in [0.05, 0.1) is 22.2 Å². The number of hydrazone groups is 1. The maximum atomic E-state index is 12.8. The Morgan fingerprint density at radius 2 is 1.96 bits per heavy atom. The second-order valence-corrected chi connectivity index (χ2v) is 8.45. The van der Waals surface area contributed by atoms with E-state index in [0.29, 0.717) is 17.0 Å². The molecule has 1 aliphatic heterocycles. The second kappa shape index (κ2) is 8.26. The van der Waals surface area contributed by atoms with Gasteiger partial charge in [-0.15, -0.1) is 22.7 Å². The molecule has 3 aromatic rings. The predicted molar refractivity (Wildman–Crippen MR) is 111 cm³/mol. The van der Waals surface area contributed by atoms with Crippen LogP contribution in [0.4, 0.5) is 0 Å². The van der Waals surface area contributed by atoms with Crippen LogP contribution in [0.25, 0.3) is 0 Å². The Bertz CT molecular complexity index is 1020. The molecule has 0 spiro atoms. The third-order valence-corrected chi connectivity index (χ3v) is 6.36. The Morgan fingerprint density at radius 1 is 1.14 bits per heavy atom. The molecule has 8 heteroatoms. The minimum Gasteiger partial charge on any atom is -0.452 e. The summed E-state index contributed by atoms with van der Waals surface area (Å²) < 4.78 is 5.20. The van der Waals surface area contributed by atoms with Gasteiger partial charge in [-0.25, -0.2) is 9.80 Å². The number of hydrogen-bond acceptors (Lipinski definition) is 6. The van der Waals surface area contributed by atoms with Gasteiger partial charge in [0, 0.05) is 16.3 Å². The molecule has 0 radical (unpaired) electrons. The number of rotatable bonds is 5. The molecular weight excluding hydrogens is 416 g/mol. The first kappa shape index (κ1) is 18.9. The van der Waals surface area contributed by atoms with Gasteiger partial charge in [-0.2, -0.15) is 5.10 Å². The van der Waals surface area contributed by atoms with Gasteiger partial charge in [0.25, 0.3) is 5.91 Å². The fraction of sp³-hybridized carbons (Fsp3) is 0.150. The van der Waals surface area contributed by atoms with Gasteiger partial charge in [0.15, 0.2) is 6.61 Å². The summed E-state index contributed by atoms with van der Waals surface area (Å²) in [5, 5.41) is 10.4. The SMILES string of the molecule is O=C(OCC(=O)N1N=C(c2cccs2)CC1c1cccs1)c1cccc(Cl)c1. The van der Waals surface area contributed by atoms with Crippen LogP contribution in [0.3, 0.4) is 0 Å². The van der Waals surface area contributed by atoms with Crippen LogP contribution in [0.1, 0.15) is 32.6 Å². The second-order valence-electron chi connectivity index (χ2n) is 6.08. The molecule has 0 saturated carbocycles. The fourth-order valence-electron chi connectivity index (χ4n) is 2.93. The lowest BCUT2D eigenvalue weighted by Gasteiger charge is -2.20. The van der Waals surface area contributed by atoms with Gasteiger partial charge in [0.1, 0.15) is 0 Å². The number of halogens is 1. The van der Waals surface area contributed by atoms with Gasteiger partial charge in [-0.05, 0) is 41.1 Å². The van der Waals surface area contributed by atoms with Crippen LogP contribution in [0.2, 0.25) is 5.02 Å². The van der Waals surface area contributed by atoms with Gasteiger partial charge < -0.3 is 4.74 Å². The Kier molecular flexibility index (Phi) is 5.57. The Labute approximate surface area is 174 Å². The first-order valence-electron chi connectivity index (χ1n) is 8.51. The highest BCUT2D eigenvalue weighted by atomic mass is 35.5. The maximum absolute atomic E-state index is 12.8. The lowest BCUT2D eigenvalue weighted by Crippen LogP contribution is -2.31. The van der Waals surface area contributed by atoms with E-state index < -0.39 is 5.97 Å². The molecule has 28 heavy (non-hydrogen) atoms. The smallest absolute Gasteiger partial charge is 0.338 e. The molecular formula is C20H15ClN2O3S2. The summed E-state index contributed by atoms with van der Waals surface area (Å²) in [4.78, 5) is 27.1. The predicted octanol–water partition coefficient (Wildman–Crippen LogP) is 5.00. The molecule has 4 rings (SSSR count). The van der Waals surface area contributed by atoms with Crippen LogP contribution in [-0.4, -0.2) is 29.2 Å². The molecule has 1 aromatic carbocycles. The molecule has 0 N–H and O–H groups in total. The van der Waals surface area contributed by atoms with Crippen LogP contribution in [0, 0.1) is 0 Å². The van der Waals surface area contributed by atoms with Crippen molar-refractivity contribution in [1.29, 1.82) is 0 Å².